The Morgan fingerprint density at radius 2 is 2.14 bits per heavy atom. The lowest BCUT2D eigenvalue weighted by molar-refractivity contribution is 0.122. The molecule has 4 heteroatoms. The van der Waals surface area contributed by atoms with Crippen molar-refractivity contribution >= 4 is 16.5 Å². The van der Waals surface area contributed by atoms with E-state index in [1.165, 1.54) is 4.88 Å². The van der Waals surface area contributed by atoms with Crippen molar-refractivity contribution in [1.82, 2.24) is 4.98 Å². The van der Waals surface area contributed by atoms with Crippen LogP contribution in [0.25, 0.3) is 0 Å². The molecule has 2 rings (SSSR count). The second kappa shape index (κ2) is 4.28. The second-order valence-electron chi connectivity index (χ2n) is 3.80. The van der Waals surface area contributed by atoms with Crippen molar-refractivity contribution in [2.45, 2.75) is 19.8 Å². The van der Waals surface area contributed by atoms with Crippen molar-refractivity contribution < 1.29 is 4.74 Å². The van der Waals surface area contributed by atoms with E-state index in [0.29, 0.717) is 5.92 Å². The molecule has 1 aliphatic rings. The molecule has 0 radical (unpaired) electrons. The molecule has 1 aromatic heterocycles. The standard InChI is InChI=1S/C10H16N2OS/c1-8(2)9-7-11-10(14-9)12-3-5-13-6-4-12/h7-8H,3-6H2,1-2H3. The molecule has 0 aliphatic carbocycles. The Balaban J connectivity index is 2.07. The molecule has 1 aromatic rings. The lowest BCUT2D eigenvalue weighted by Gasteiger charge is -2.26. The third-order valence-corrected chi connectivity index (χ3v) is 3.72. The van der Waals surface area contributed by atoms with E-state index in [4.69, 9.17) is 4.74 Å². The SMILES string of the molecule is CC(C)c1cnc(N2CCOCC2)s1. The molecule has 0 spiro atoms. The van der Waals surface area contributed by atoms with Gasteiger partial charge in [0, 0.05) is 24.2 Å². The van der Waals surface area contributed by atoms with Gasteiger partial charge in [0.2, 0.25) is 0 Å². The molecule has 0 aromatic carbocycles. The molecule has 2 heterocycles. The van der Waals surface area contributed by atoms with E-state index in [2.05, 4.69) is 23.7 Å². The largest absolute Gasteiger partial charge is 0.378 e. The average Bonchev–Trinajstić information content (AvgIpc) is 2.68. The Labute approximate surface area is 88.7 Å². The summed E-state index contributed by atoms with van der Waals surface area (Å²) in [7, 11) is 0. The molecule has 1 aliphatic heterocycles. The molecule has 0 amide bonds. The molecule has 0 bridgehead atoms. The molecule has 0 N–H and O–H groups in total. The van der Waals surface area contributed by atoms with Crippen LogP contribution < -0.4 is 4.90 Å². The predicted molar refractivity (Wildman–Crippen MR) is 59.2 cm³/mol. The lowest BCUT2D eigenvalue weighted by atomic mass is 10.2. The summed E-state index contributed by atoms with van der Waals surface area (Å²) in [6.07, 6.45) is 2.00. The summed E-state index contributed by atoms with van der Waals surface area (Å²) >= 11 is 1.81. The maximum atomic E-state index is 5.31. The van der Waals surface area contributed by atoms with E-state index in [9.17, 15) is 0 Å². The molecule has 0 saturated carbocycles. The monoisotopic (exact) mass is 212 g/mol. The third-order valence-electron chi connectivity index (χ3n) is 2.36. The van der Waals surface area contributed by atoms with E-state index < -0.39 is 0 Å². The van der Waals surface area contributed by atoms with Gasteiger partial charge in [0.05, 0.1) is 13.2 Å². The summed E-state index contributed by atoms with van der Waals surface area (Å²) in [5, 5.41) is 1.15. The van der Waals surface area contributed by atoms with Crippen LogP contribution in [0.15, 0.2) is 6.20 Å². The van der Waals surface area contributed by atoms with Crippen LogP contribution in [0.5, 0.6) is 0 Å². The molecule has 1 saturated heterocycles. The fourth-order valence-electron chi connectivity index (χ4n) is 1.44. The zero-order chi connectivity index (χ0) is 9.97. The number of hydrogen-bond acceptors (Lipinski definition) is 4. The Hall–Kier alpha value is -0.610. The molecule has 78 valence electrons. The highest BCUT2D eigenvalue weighted by atomic mass is 32.1. The van der Waals surface area contributed by atoms with Gasteiger partial charge in [-0.3, -0.25) is 0 Å². The van der Waals surface area contributed by atoms with Gasteiger partial charge in [0.15, 0.2) is 5.13 Å². The van der Waals surface area contributed by atoms with Crippen LogP contribution in [0.1, 0.15) is 24.6 Å². The molecule has 14 heavy (non-hydrogen) atoms. The molecule has 1 fully saturated rings. The van der Waals surface area contributed by atoms with Crippen molar-refractivity contribution in [2.75, 3.05) is 31.2 Å². The van der Waals surface area contributed by atoms with Crippen molar-refractivity contribution in [2.24, 2.45) is 0 Å². The van der Waals surface area contributed by atoms with Gasteiger partial charge in [-0.2, -0.15) is 0 Å². The summed E-state index contributed by atoms with van der Waals surface area (Å²) in [4.78, 5) is 8.12. The van der Waals surface area contributed by atoms with E-state index in [0.717, 1.165) is 31.4 Å². The van der Waals surface area contributed by atoms with Crippen LogP contribution in [0.4, 0.5) is 5.13 Å². The third kappa shape index (κ3) is 2.07. The molecular formula is C10H16N2OS. The van der Waals surface area contributed by atoms with Crippen LogP contribution in [0.2, 0.25) is 0 Å². The van der Waals surface area contributed by atoms with Crippen LogP contribution in [0.3, 0.4) is 0 Å². The molecule has 0 atom stereocenters. The van der Waals surface area contributed by atoms with Crippen LogP contribution in [-0.2, 0) is 4.74 Å². The highest BCUT2D eigenvalue weighted by molar-refractivity contribution is 7.15. The number of rotatable bonds is 2. The second-order valence-corrected chi connectivity index (χ2v) is 4.84. The molecular weight excluding hydrogens is 196 g/mol. The van der Waals surface area contributed by atoms with Crippen LogP contribution >= 0.6 is 11.3 Å². The first kappa shape index (κ1) is 9.93. The molecule has 3 nitrogen and oxygen atoms in total. The Morgan fingerprint density at radius 3 is 2.71 bits per heavy atom. The smallest absolute Gasteiger partial charge is 0.185 e. The lowest BCUT2D eigenvalue weighted by Crippen LogP contribution is -2.36. The number of morpholine rings is 1. The van der Waals surface area contributed by atoms with E-state index in [-0.39, 0.29) is 0 Å². The number of thiazole rings is 1. The average molecular weight is 212 g/mol. The van der Waals surface area contributed by atoms with Crippen LogP contribution in [0, 0.1) is 0 Å². The van der Waals surface area contributed by atoms with E-state index >= 15 is 0 Å². The topological polar surface area (TPSA) is 25.4 Å². The van der Waals surface area contributed by atoms with Crippen LogP contribution in [-0.4, -0.2) is 31.3 Å². The summed E-state index contributed by atoms with van der Waals surface area (Å²) in [5.41, 5.74) is 0. The normalized spacial score (nSPS) is 17.8. The van der Waals surface area contributed by atoms with Gasteiger partial charge in [-0.1, -0.05) is 13.8 Å². The maximum absolute atomic E-state index is 5.31. The highest BCUT2D eigenvalue weighted by Gasteiger charge is 2.15. The minimum absolute atomic E-state index is 0.585. The van der Waals surface area contributed by atoms with Crippen molar-refractivity contribution in [3.8, 4) is 0 Å². The number of ether oxygens (including phenoxy) is 1. The van der Waals surface area contributed by atoms with E-state index in [1.54, 1.807) is 11.3 Å². The van der Waals surface area contributed by atoms with Gasteiger partial charge < -0.3 is 9.64 Å². The summed E-state index contributed by atoms with van der Waals surface area (Å²) < 4.78 is 5.31. The highest BCUT2D eigenvalue weighted by Crippen LogP contribution is 2.28. The van der Waals surface area contributed by atoms with Gasteiger partial charge in [-0.15, -0.1) is 11.3 Å². The maximum Gasteiger partial charge on any atom is 0.185 e. The predicted octanol–water partition coefficient (Wildman–Crippen LogP) is 2.10. The van der Waals surface area contributed by atoms with Gasteiger partial charge in [-0.25, -0.2) is 4.98 Å². The fraction of sp³-hybridized carbons (Fsp3) is 0.700. The number of anilines is 1. The Kier molecular flexibility index (Phi) is 3.03. The molecule has 0 unspecified atom stereocenters. The minimum Gasteiger partial charge on any atom is -0.378 e. The fourth-order valence-corrected chi connectivity index (χ4v) is 2.41. The van der Waals surface area contributed by atoms with Gasteiger partial charge in [-0.05, 0) is 5.92 Å². The first-order valence-electron chi connectivity index (χ1n) is 5.06. The summed E-state index contributed by atoms with van der Waals surface area (Å²) in [5.74, 6) is 0.585. The Morgan fingerprint density at radius 1 is 1.43 bits per heavy atom. The number of nitrogens with zero attached hydrogens (tertiary/aromatic N) is 2. The summed E-state index contributed by atoms with van der Waals surface area (Å²) in [6, 6.07) is 0. The van der Waals surface area contributed by atoms with Crippen molar-refractivity contribution in [1.29, 1.82) is 0 Å². The van der Waals surface area contributed by atoms with E-state index in [1.807, 2.05) is 6.20 Å². The number of hydrogen-bond donors (Lipinski definition) is 0. The minimum atomic E-state index is 0.585. The van der Waals surface area contributed by atoms with Gasteiger partial charge in [0.25, 0.3) is 0 Å². The summed E-state index contributed by atoms with van der Waals surface area (Å²) in [6.45, 7) is 8.02. The number of aromatic nitrogens is 1. The zero-order valence-electron chi connectivity index (χ0n) is 8.69. The van der Waals surface area contributed by atoms with Gasteiger partial charge >= 0.3 is 0 Å². The zero-order valence-corrected chi connectivity index (χ0v) is 9.51. The van der Waals surface area contributed by atoms with Gasteiger partial charge in [0.1, 0.15) is 0 Å². The quantitative estimate of drug-likeness (QED) is 0.750. The Bertz CT molecular complexity index is 292. The first-order valence-corrected chi connectivity index (χ1v) is 5.87. The van der Waals surface area contributed by atoms with Crippen molar-refractivity contribution in [3.05, 3.63) is 11.1 Å². The van der Waals surface area contributed by atoms with Crippen molar-refractivity contribution in [3.63, 3.8) is 0 Å². The first-order chi connectivity index (χ1) is 6.77.